The largest absolute Gasteiger partial charge is 0.507 e. The molecular weight excluding hydrogens is 632 g/mol. The highest BCUT2D eigenvalue weighted by atomic mass is 16.3. The molecule has 2 unspecified atom stereocenters. The summed E-state index contributed by atoms with van der Waals surface area (Å²) in [6, 6.07) is 9.92. The molecule has 0 aromatic heterocycles. The summed E-state index contributed by atoms with van der Waals surface area (Å²) in [4.78, 5) is 53.6. The Bertz CT molecular complexity index is 1350. The van der Waals surface area contributed by atoms with E-state index in [0.717, 1.165) is 83.5 Å². The fraction of sp³-hybridized carbons (Fsp3) is 0.600. The number of nitrogens with one attached hydrogen (secondary N) is 4. The van der Waals surface area contributed by atoms with Crippen molar-refractivity contribution < 1.29 is 29.4 Å². The van der Waals surface area contributed by atoms with Crippen LogP contribution < -0.4 is 21.7 Å². The molecule has 10 nitrogen and oxygen atoms in total. The molecule has 50 heavy (non-hydrogen) atoms. The predicted octanol–water partition coefficient (Wildman–Crippen LogP) is 7.96. The van der Waals surface area contributed by atoms with Crippen molar-refractivity contribution >= 4 is 23.6 Å². The summed E-state index contributed by atoms with van der Waals surface area (Å²) in [5.41, 5.74) is 11.6. The average Bonchev–Trinajstić information content (AvgIpc) is 3.10. The van der Waals surface area contributed by atoms with Crippen molar-refractivity contribution in [2.75, 3.05) is 0 Å². The lowest BCUT2D eigenvalue weighted by atomic mass is 9.84. The number of aryl methyl sites for hydroxylation is 2. The molecule has 6 N–H and O–H groups in total. The van der Waals surface area contributed by atoms with Gasteiger partial charge < -0.3 is 10.2 Å². The first kappa shape index (κ1) is 42.1. The third-order valence-corrected chi connectivity index (χ3v) is 9.38. The maximum absolute atomic E-state index is 13.6. The summed E-state index contributed by atoms with van der Waals surface area (Å²) in [5, 5.41) is 21.1. The van der Waals surface area contributed by atoms with Crippen LogP contribution >= 0.6 is 0 Å². The van der Waals surface area contributed by atoms with Crippen molar-refractivity contribution in [1.29, 1.82) is 0 Å². The van der Waals surface area contributed by atoms with Gasteiger partial charge in [0, 0.05) is 0 Å². The number of hydrogen-bond donors (Lipinski definition) is 6. The lowest BCUT2D eigenvalue weighted by Gasteiger charge is -2.25. The van der Waals surface area contributed by atoms with Gasteiger partial charge in [-0.3, -0.25) is 40.9 Å². The van der Waals surface area contributed by atoms with Crippen LogP contribution in [0.5, 0.6) is 11.5 Å². The number of hydrazine groups is 2. The number of rotatable bonds is 23. The van der Waals surface area contributed by atoms with E-state index >= 15 is 0 Å². The molecular formula is C40H62N4O6. The maximum atomic E-state index is 13.6. The van der Waals surface area contributed by atoms with Gasteiger partial charge in [0.2, 0.25) is 11.8 Å². The summed E-state index contributed by atoms with van der Waals surface area (Å²) < 4.78 is 0. The van der Waals surface area contributed by atoms with Gasteiger partial charge in [0.1, 0.15) is 11.5 Å². The van der Waals surface area contributed by atoms with E-state index in [0.29, 0.717) is 43.2 Å². The van der Waals surface area contributed by atoms with Crippen LogP contribution in [0.25, 0.3) is 0 Å². The van der Waals surface area contributed by atoms with Gasteiger partial charge in [0.15, 0.2) is 0 Å². The average molecular weight is 695 g/mol. The van der Waals surface area contributed by atoms with E-state index in [9.17, 15) is 29.4 Å². The molecule has 2 aromatic rings. The van der Waals surface area contributed by atoms with Crippen LogP contribution in [-0.4, -0.2) is 33.8 Å². The van der Waals surface area contributed by atoms with E-state index in [1.807, 2.05) is 12.1 Å². The lowest BCUT2D eigenvalue weighted by molar-refractivity contribution is -0.136. The second kappa shape index (κ2) is 24.1. The maximum Gasteiger partial charge on any atom is 0.273 e. The molecule has 2 aromatic carbocycles. The molecule has 0 spiro atoms. The van der Waals surface area contributed by atoms with Gasteiger partial charge in [-0.15, -0.1) is 0 Å². The molecule has 4 amide bonds. The number of phenols is 2. The molecule has 0 saturated heterocycles. The smallest absolute Gasteiger partial charge is 0.273 e. The van der Waals surface area contributed by atoms with Gasteiger partial charge >= 0.3 is 0 Å². The van der Waals surface area contributed by atoms with Crippen LogP contribution in [0.1, 0.15) is 162 Å². The number of hydrogen-bond acceptors (Lipinski definition) is 6. The van der Waals surface area contributed by atoms with Gasteiger partial charge in [-0.2, -0.15) is 0 Å². The van der Waals surface area contributed by atoms with Crippen molar-refractivity contribution in [2.45, 2.75) is 143 Å². The highest BCUT2D eigenvalue weighted by Gasteiger charge is 2.33. The number of aromatic hydroxyl groups is 2. The number of carbonyl (C=O) groups excluding carboxylic acids is 4. The zero-order valence-electron chi connectivity index (χ0n) is 30.9. The minimum atomic E-state index is -0.806. The monoisotopic (exact) mass is 694 g/mol. The van der Waals surface area contributed by atoms with Crippen LogP contribution in [0.15, 0.2) is 36.4 Å². The Morgan fingerprint density at radius 2 is 0.920 bits per heavy atom. The molecule has 0 saturated carbocycles. The SMILES string of the molecule is CCCCCCCc1cccc(O)c1C(=O)NNC(=O)C(CC)C(CCCCCC)C(=O)NNC(=O)c1c(O)cccc1CCCCCCC. The van der Waals surface area contributed by atoms with Gasteiger partial charge in [-0.05, 0) is 61.8 Å². The Kier molecular flexibility index (Phi) is 20.3. The minimum Gasteiger partial charge on any atom is -0.507 e. The zero-order valence-corrected chi connectivity index (χ0v) is 30.9. The van der Waals surface area contributed by atoms with E-state index in [1.54, 1.807) is 19.1 Å². The molecule has 0 fully saturated rings. The van der Waals surface area contributed by atoms with Crippen molar-refractivity contribution in [1.82, 2.24) is 21.7 Å². The van der Waals surface area contributed by atoms with E-state index in [4.69, 9.17) is 0 Å². The molecule has 0 heterocycles. The first-order valence-electron chi connectivity index (χ1n) is 19.0. The van der Waals surface area contributed by atoms with E-state index in [1.165, 1.54) is 12.1 Å². The number of amides is 4. The fourth-order valence-corrected chi connectivity index (χ4v) is 6.46. The predicted molar refractivity (Wildman–Crippen MR) is 198 cm³/mol. The summed E-state index contributed by atoms with van der Waals surface area (Å²) in [5.74, 6) is -4.24. The van der Waals surface area contributed by atoms with Crippen molar-refractivity contribution in [3.63, 3.8) is 0 Å². The molecule has 2 atom stereocenters. The van der Waals surface area contributed by atoms with Crippen LogP contribution in [0, 0.1) is 11.8 Å². The second-order valence-electron chi connectivity index (χ2n) is 13.3. The molecule has 278 valence electrons. The number of carbonyl (C=O) groups is 4. The van der Waals surface area contributed by atoms with Gasteiger partial charge in [0.25, 0.3) is 11.8 Å². The highest BCUT2D eigenvalue weighted by molar-refractivity contribution is 6.00. The fourth-order valence-electron chi connectivity index (χ4n) is 6.46. The molecule has 0 aliphatic carbocycles. The van der Waals surface area contributed by atoms with Gasteiger partial charge in [-0.1, -0.05) is 129 Å². The van der Waals surface area contributed by atoms with Crippen LogP contribution in [0.2, 0.25) is 0 Å². The molecule has 0 aliphatic rings. The zero-order chi connectivity index (χ0) is 36.7. The Morgan fingerprint density at radius 3 is 1.34 bits per heavy atom. The van der Waals surface area contributed by atoms with Crippen molar-refractivity contribution in [3.8, 4) is 11.5 Å². The summed E-state index contributed by atoms with van der Waals surface area (Å²) in [7, 11) is 0. The number of unbranched alkanes of at least 4 members (excludes halogenated alkanes) is 11. The summed E-state index contributed by atoms with van der Waals surface area (Å²) in [6.45, 7) is 8.19. The molecule has 0 bridgehead atoms. The molecule has 0 radical (unpaired) electrons. The van der Waals surface area contributed by atoms with Gasteiger partial charge in [0.05, 0.1) is 23.0 Å². The third kappa shape index (κ3) is 14.0. The van der Waals surface area contributed by atoms with E-state index < -0.39 is 35.5 Å². The Hall–Kier alpha value is -4.08. The molecule has 2 rings (SSSR count). The topological polar surface area (TPSA) is 157 Å². The molecule has 10 heteroatoms. The van der Waals surface area contributed by atoms with Crippen LogP contribution in [0.4, 0.5) is 0 Å². The first-order valence-corrected chi connectivity index (χ1v) is 19.0. The lowest BCUT2D eigenvalue weighted by Crippen LogP contribution is -2.51. The van der Waals surface area contributed by atoms with E-state index in [2.05, 4.69) is 42.5 Å². The normalized spacial score (nSPS) is 12.2. The number of benzene rings is 2. The second-order valence-corrected chi connectivity index (χ2v) is 13.3. The van der Waals surface area contributed by atoms with Crippen LogP contribution in [0.3, 0.4) is 0 Å². The summed E-state index contributed by atoms with van der Waals surface area (Å²) >= 11 is 0. The minimum absolute atomic E-state index is 0.123. The summed E-state index contributed by atoms with van der Waals surface area (Å²) in [6.07, 6.45) is 16.1. The van der Waals surface area contributed by atoms with Gasteiger partial charge in [-0.25, -0.2) is 0 Å². The Morgan fingerprint density at radius 1 is 0.520 bits per heavy atom. The van der Waals surface area contributed by atoms with Crippen LogP contribution in [-0.2, 0) is 22.4 Å². The highest BCUT2D eigenvalue weighted by Crippen LogP contribution is 2.26. The molecule has 0 aliphatic heterocycles. The Labute approximate surface area is 299 Å². The standard InChI is InChI=1S/C40H62N4O6/c1-5-9-12-15-17-22-29-24-20-27-33(45)35(29)39(49)43-41-37(47)31(8-4)32(26-19-14-11-7-3)38(48)42-44-40(50)36-30(25-21-28-34(36)46)23-18-16-13-10-6-2/h20-21,24-25,27-28,31-32,45-46H,5-19,22-23,26H2,1-4H3,(H,41,47)(H,42,48)(H,43,49)(H,44,50). The van der Waals surface area contributed by atoms with Crippen molar-refractivity contribution in [3.05, 3.63) is 58.7 Å². The quantitative estimate of drug-likeness (QED) is 0.0512. The number of phenolic OH excluding ortho intramolecular Hbond substituents is 2. The first-order chi connectivity index (χ1) is 24.2. The Balaban J connectivity index is 2.13. The third-order valence-electron chi connectivity index (χ3n) is 9.38. The van der Waals surface area contributed by atoms with E-state index in [-0.39, 0.29) is 22.6 Å². The van der Waals surface area contributed by atoms with Crippen molar-refractivity contribution in [2.24, 2.45) is 11.8 Å².